The number of carbonyl (C=O) groups is 1. The second-order valence-electron chi connectivity index (χ2n) is 3.12. The summed E-state index contributed by atoms with van der Waals surface area (Å²) in [5.74, 6) is -0.349. The lowest BCUT2D eigenvalue weighted by molar-refractivity contribution is -0.137. The molecular formula is C11H13BrN2O2. The van der Waals surface area contributed by atoms with E-state index >= 15 is 0 Å². The van der Waals surface area contributed by atoms with Gasteiger partial charge in [0.2, 0.25) is 0 Å². The standard InChI is InChI=1S/C11H13BrN2O2/c1-2-3-6-16-11(15)5-4-9-7-14-10(12)8-13-9/h4-5,7-8H,2-3,6H2,1H3/b5-4+. The van der Waals surface area contributed by atoms with E-state index in [0.29, 0.717) is 16.9 Å². The molecule has 4 nitrogen and oxygen atoms in total. The van der Waals surface area contributed by atoms with E-state index in [1.54, 1.807) is 18.5 Å². The molecule has 1 rings (SSSR count). The number of aromatic nitrogens is 2. The van der Waals surface area contributed by atoms with Crippen LogP contribution in [0.2, 0.25) is 0 Å². The number of nitrogens with zero attached hydrogens (tertiary/aromatic N) is 2. The van der Waals surface area contributed by atoms with E-state index in [-0.39, 0.29) is 5.97 Å². The fourth-order valence-electron chi connectivity index (χ4n) is 0.927. The maximum atomic E-state index is 11.2. The van der Waals surface area contributed by atoms with Crippen LogP contribution >= 0.6 is 15.9 Å². The molecule has 0 unspecified atom stereocenters. The average molecular weight is 285 g/mol. The van der Waals surface area contributed by atoms with Crippen molar-refractivity contribution in [3.05, 3.63) is 28.8 Å². The van der Waals surface area contributed by atoms with Crippen molar-refractivity contribution >= 4 is 28.0 Å². The molecule has 1 aromatic heterocycles. The Balaban J connectivity index is 2.41. The minimum atomic E-state index is -0.349. The number of rotatable bonds is 5. The maximum Gasteiger partial charge on any atom is 0.330 e. The van der Waals surface area contributed by atoms with Gasteiger partial charge in [0.1, 0.15) is 4.60 Å². The van der Waals surface area contributed by atoms with Crippen molar-refractivity contribution in [2.75, 3.05) is 6.61 Å². The molecule has 86 valence electrons. The lowest BCUT2D eigenvalue weighted by Gasteiger charge is -1.98. The smallest absolute Gasteiger partial charge is 0.330 e. The van der Waals surface area contributed by atoms with Gasteiger partial charge in [-0.25, -0.2) is 9.78 Å². The van der Waals surface area contributed by atoms with E-state index in [1.807, 2.05) is 6.92 Å². The first kappa shape index (κ1) is 12.8. The molecule has 1 heterocycles. The minimum Gasteiger partial charge on any atom is -0.463 e. The monoisotopic (exact) mass is 284 g/mol. The van der Waals surface area contributed by atoms with E-state index in [9.17, 15) is 4.79 Å². The van der Waals surface area contributed by atoms with Crippen LogP contribution in [0.1, 0.15) is 25.5 Å². The van der Waals surface area contributed by atoms with Crippen molar-refractivity contribution in [2.24, 2.45) is 0 Å². The molecule has 0 fully saturated rings. The molecule has 1 aromatic rings. The Labute approximate surface area is 103 Å². The van der Waals surface area contributed by atoms with Crippen molar-refractivity contribution in [1.29, 1.82) is 0 Å². The number of esters is 1. The number of halogens is 1. The van der Waals surface area contributed by atoms with Crippen LogP contribution in [0.25, 0.3) is 6.08 Å². The lowest BCUT2D eigenvalue weighted by Crippen LogP contribution is -2.01. The average Bonchev–Trinajstić information content (AvgIpc) is 2.29. The van der Waals surface area contributed by atoms with Gasteiger partial charge in [0.25, 0.3) is 0 Å². The lowest BCUT2D eigenvalue weighted by atomic mass is 10.3. The van der Waals surface area contributed by atoms with E-state index in [2.05, 4.69) is 25.9 Å². The molecular weight excluding hydrogens is 272 g/mol. The summed E-state index contributed by atoms with van der Waals surface area (Å²) >= 11 is 3.18. The van der Waals surface area contributed by atoms with E-state index in [0.717, 1.165) is 12.8 Å². The highest BCUT2D eigenvalue weighted by atomic mass is 79.9. The van der Waals surface area contributed by atoms with Crippen molar-refractivity contribution in [3.63, 3.8) is 0 Å². The Morgan fingerprint density at radius 1 is 1.50 bits per heavy atom. The number of ether oxygens (including phenoxy) is 1. The topological polar surface area (TPSA) is 52.1 Å². The number of unbranched alkanes of at least 4 members (excludes halogenated alkanes) is 1. The molecule has 0 aliphatic rings. The molecule has 0 aliphatic heterocycles. The summed E-state index contributed by atoms with van der Waals surface area (Å²) in [6.45, 7) is 2.51. The van der Waals surface area contributed by atoms with Crippen molar-refractivity contribution in [1.82, 2.24) is 9.97 Å². The highest BCUT2D eigenvalue weighted by Gasteiger charge is 1.96. The number of carbonyl (C=O) groups excluding carboxylic acids is 1. The highest BCUT2D eigenvalue weighted by Crippen LogP contribution is 2.03. The fourth-order valence-corrected chi connectivity index (χ4v) is 1.13. The second kappa shape index (κ2) is 7.11. The molecule has 0 aliphatic carbocycles. The van der Waals surface area contributed by atoms with Crippen LogP contribution in [0.15, 0.2) is 23.1 Å². The molecule has 0 bridgehead atoms. The summed E-state index contributed by atoms with van der Waals surface area (Å²) in [5.41, 5.74) is 0.621. The van der Waals surface area contributed by atoms with Crippen molar-refractivity contribution in [3.8, 4) is 0 Å². The zero-order valence-electron chi connectivity index (χ0n) is 9.02. The van der Waals surface area contributed by atoms with Crippen LogP contribution in [0.5, 0.6) is 0 Å². The second-order valence-corrected chi connectivity index (χ2v) is 3.93. The molecule has 0 N–H and O–H groups in total. The van der Waals surface area contributed by atoms with Gasteiger partial charge in [-0.15, -0.1) is 0 Å². The van der Waals surface area contributed by atoms with Gasteiger partial charge in [-0.2, -0.15) is 0 Å². The van der Waals surface area contributed by atoms with Gasteiger partial charge in [0.05, 0.1) is 24.7 Å². The van der Waals surface area contributed by atoms with Crippen LogP contribution in [0, 0.1) is 0 Å². The predicted molar refractivity (Wildman–Crippen MR) is 64.6 cm³/mol. The summed E-state index contributed by atoms with van der Waals surface area (Å²) in [7, 11) is 0. The number of hydrogen-bond donors (Lipinski definition) is 0. The van der Waals surface area contributed by atoms with Crippen LogP contribution in [-0.2, 0) is 9.53 Å². The molecule has 0 spiro atoms. The normalized spacial score (nSPS) is 10.6. The Hall–Kier alpha value is -1.23. The van der Waals surface area contributed by atoms with Crippen molar-refractivity contribution < 1.29 is 9.53 Å². The first-order valence-corrected chi connectivity index (χ1v) is 5.84. The molecule has 5 heteroatoms. The first-order valence-electron chi connectivity index (χ1n) is 5.04. The molecule has 0 saturated heterocycles. The van der Waals surface area contributed by atoms with E-state index in [4.69, 9.17) is 4.74 Å². The maximum absolute atomic E-state index is 11.2. The van der Waals surface area contributed by atoms with Gasteiger partial charge in [-0.3, -0.25) is 4.98 Å². The molecule has 0 aromatic carbocycles. The summed E-state index contributed by atoms with van der Waals surface area (Å²) in [6, 6.07) is 0. The van der Waals surface area contributed by atoms with Gasteiger partial charge in [-0.1, -0.05) is 13.3 Å². The van der Waals surface area contributed by atoms with Gasteiger partial charge in [0.15, 0.2) is 0 Å². The van der Waals surface area contributed by atoms with E-state index in [1.165, 1.54) is 6.08 Å². The molecule has 0 saturated carbocycles. The number of hydrogen-bond acceptors (Lipinski definition) is 4. The Morgan fingerprint density at radius 3 is 2.94 bits per heavy atom. The minimum absolute atomic E-state index is 0.349. The molecule has 0 atom stereocenters. The summed E-state index contributed by atoms with van der Waals surface area (Å²) < 4.78 is 5.61. The van der Waals surface area contributed by atoms with Crippen LogP contribution in [0.4, 0.5) is 0 Å². The molecule has 0 amide bonds. The van der Waals surface area contributed by atoms with Gasteiger partial charge < -0.3 is 4.74 Å². The third-order valence-corrected chi connectivity index (χ3v) is 2.18. The predicted octanol–water partition coefficient (Wildman–Crippen LogP) is 2.60. The third-order valence-electron chi connectivity index (χ3n) is 1.77. The van der Waals surface area contributed by atoms with Gasteiger partial charge in [0, 0.05) is 6.08 Å². The Kier molecular flexibility index (Phi) is 5.71. The quantitative estimate of drug-likeness (QED) is 0.474. The van der Waals surface area contributed by atoms with Crippen LogP contribution < -0.4 is 0 Å². The highest BCUT2D eigenvalue weighted by molar-refractivity contribution is 9.10. The summed E-state index contributed by atoms with van der Waals surface area (Å²) in [4.78, 5) is 19.2. The van der Waals surface area contributed by atoms with Gasteiger partial charge >= 0.3 is 5.97 Å². The molecule has 0 radical (unpaired) electrons. The Morgan fingerprint density at radius 2 is 2.31 bits per heavy atom. The molecule has 16 heavy (non-hydrogen) atoms. The van der Waals surface area contributed by atoms with Gasteiger partial charge in [-0.05, 0) is 28.4 Å². The zero-order valence-corrected chi connectivity index (χ0v) is 10.6. The third kappa shape index (κ3) is 5.02. The first-order chi connectivity index (χ1) is 7.72. The van der Waals surface area contributed by atoms with E-state index < -0.39 is 0 Å². The summed E-state index contributed by atoms with van der Waals surface area (Å²) in [6.07, 6.45) is 7.97. The van der Waals surface area contributed by atoms with Crippen LogP contribution in [-0.4, -0.2) is 22.5 Å². The largest absolute Gasteiger partial charge is 0.463 e. The summed E-state index contributed by atoms with van der Waals surface area (Å²) in [5, 5.41) is 0. The fraction of sp³-hybridized carbons (Fsp3) is 0.364. The Bertz CT molecular complexity index is 363. The van der Waals surface area contributed by atoms with Crippen LogP contribution in [0.3, 0.4) is 0 Å². The van der Waals surface area contributed by atoms with Crippen molar-refractivity contribution in [2.45, 2.75) is 19.8 Å². The SMILES string of the molecule is CCCCOC(=O)/C=C/c1cnc(Br)cn1. The zero-order chi connectivity index (χ0) is 11.8.